The van der Waals surface area contributed by atoms with Crippen LogP contribution in [0.3, 0.4) is 0 Å². The van der Waals surface area contributed by atoms with Crippen LogP contribution in [-0.2, 0) is 4.74 Å². The first-order valence-electron chi connectivity index (χ1n) is 5.86. The Balaban J connectivity index is 2.28. The minimum atomic E-state index is -0.621. The Morgan fingerprint density at radius 2 is 2.11 bits per heavy atom. The summed E-state index contributed by atoms with van der Waals surface area (Å²) in [4.78, 5) is 10.3. The Kier molecular flexibility index (Phi) is 3.88. The number of benzene rings is 1. The van der Waals surface area contributed by atoms with Crippen LogP contribution >= 0.6 is 0 Å². The maximum atomic E-state index is 13.0. The molecule has 98 valence electrons. The van der Waals surface area contributed by atoms with Gasteiger partial charge < -0.3 is 10.5 Å². The van der Waals surface area contributed by atoms with Crippen molar-refractivity contribution in [3.63, 3.8) is 0 Å². The highest BCUT2D eigenvalue weighted by Crippen LogP contribution is 2.33. The van der Waals surface area contributed by atoms with Gasteiger partial charge in [-0.25, -0.2) is 4.39 Å². The molecule has 1 atom stereocenters. The van der Waals surface area contributed by atoms with Crippen molar-refractivity contribution in [1.82, 2.24) is 0 Å². The third-order valence-electron chi connectivity index (χ3n) is 3.32. The van der Waals surface area contributed by atoms with Gasteiger partial charge in [0.15, 0.2) is 0 Å². The molecule has 2 N–H and O–H groups in total. The Hall–Kier alpha value is -1.53. The van der Waals surface area contributed by atoms with Crippen LogP contribution in [0.1, 0.15) is 24.4 Å². The molecule has 0 unspecified atom stereocenters. The van der Waals surface area contributed by atoms with Crippen molar-refractivity contribution in [3.05, 3.63) is 39.7 Å². The molecular weight excluding hydrogens is 239 g/mol. The normalized spacial score (nSPS) is 18.6. The molecule has 0 amide bonds. The maximum Gasteiger partial charge on any atom is 0.277 e. The molecule has 1 saturated heterocycles. The van der Waals surface area contributed by atoms with E-state index < -0.39 is 16.8 Å². The first-order chi connectivity index (χ1) is 8.59. The summed E-state index contributed by atoms with van der Waals surface area (Å²) in [7, 11) is 0. The molecule has 0 aromatic heterocycles. The van der Waals surface area contributed by atoms with Crippen LogP contribution in [-0.4, -0.2) is 18.1 Å². The number of nitro benzene ring substituents is 1. The Morgan fingerprint density at radius 3 is 2.72 bits per heavy atom. The third-order valence-corrected chi connectivity index (χ3v) is 3.32. The molecule has 0 saturated carbocycles. The number of ether oxygens (including phenoxy) is 1. The number of nitro groups is 1. The molecule has 0 spiro atoms. The zero-order valence-electron chi connectivity index (χ0n) is 9.84. The SMILES string of the molecule is N[C@H](c1ccc(F)cc1[N+](=O)[O-])C1CCOCC1. The average molecular weight is 254 g/mol. The minimum Gasteiger partial charge on any atom is -0.381 e. The maximum absolute atomic E-state index is 13.0. The summed E-state index contributed by atoms with van der Waals surface area (Å²) in [5.41, 5.74) is 6.23. The lowest BCUT2D eigenvalue weighted by Gasteiger charge is -2.27. The van der Waals surface area contributed by atoms with Crippen molar-refractivity contribution >= 4 is 5.69 Å². The van der Waals surface area contributed by atoms with E-state index in [4.69, 9.17) is 10.5 Å². The summed E-state index contributed by atoms with van der Waals surface area (Å²) >= 11 is 0. The fourth-order valence-corrected chi connectivity index (χ4v) is 2.29. The molecule has 1 aromatic carbocycles. The molecule has 0 radical (unpaired) electrons. The first kappa shape index (κ1) is 12.9. The van der Waals surface area contributed by atoms with Gasteiger partial charge in [-0.05, 0) is 30.9 Å². The summed E-state index contributed by atoms with van der Waals surface area (Å²) in [6, 6.07) is 3.10. The molecule has 2 rings (SSSR count). The van der Waals surface area contributed by atoms with E-state index in [9.17, 15) is 14.5 Å². The van der Waals surface area contributed by atoms with Crippen molar-refractivity contribution in [2.24, 2.45) is 11.7 Å². The van der Waals surface area contributed by atoms with Crippen LogP contribution in [0.15, 0.2) is 18.2 Å². The highest BCUT2D eigenvalue weighted by atomic mass is 19.1. The van der Waals surface area contributed by atoms with E-state index in [1.54, 1.807) is 0 Å². The van der Waals surface area contributed by atoms with E-state index in [1.807, 2.05) is 0 Å². The molecular formula is C12H15FN2O3. The molecule has 1 heterocycles. The zero-order chi connectivity index (χ0) is 13.1. The van der Waals surface area contributed by atoms with Gasteiger partial charge in [-0.1, -0.05) is 0 Å². The molecule has 1 aliphatic rings. The van der Waals surface area contributed by atoms with Gasteiger partial charge in [-0.15, -0.1) is 0 Å². The van der Waals surface area contributed by atoms with Crippen molar-refractivity contribution < 1.29 is 14.1 Å². The standard InChI is InChI=1S/C12H15FN2O3/c13-9-1-2-10(11(7-9)15(16)17)12(14)8-3-5-18-6-4-8/h1-2,7-8,12H,3-6,14H2/t12-/m0/s1. The molecule has 6 heteroatoms. The highest BCUT2D eigenvalue weighted by molar-refractivity contribution is 5.42. The Bertz CT molecular complexity index is 447. The number of hydrogen-bond acceptors (Lipinski definition) is 4. The smallest absolute Gasteiger partial charge is 0.277 e. The Labute approximate surface area is 104 Å². The summed E-state index contributed by atoms with van der Waals surface area (Å²) in [6.07, 6.45) is 1.55. The summed E-state index contributed by atoms with van der Waals surface area (Å²) in [5, 5.41) is 10.9. The molecule has 1 fully saturated rings. The largest absolute Gasteiger partial charge is 0.381 e. The van der Waals surface area contributed by atoms with Gasteiger partial charge in [0.2, 0.25) is 0 Å². The number of rotatable bonds is 3. The average Bonchev–Trinajstić information content (AvgIpc) is 2.39. The lowest BCUT2D eigenvalue weighted by Crippen LogP contribution is -2.28. The zero-order valence-corrected chi connectivity index (χ0v) is 9.84. The monoisotopic (exact) mass is 254 g/mol. The second-order valence-corrected chi connectivity index (χ2v) is 4.44. The molecule has 0 bridgehead atoms. The van der Waals surface area contributed by atoms with Gasteiger partial charge in [0.25, 0.3) is 5.69 Å². The van der Waals surface area contributed by atoms with Gasteiger partial charge in [0.1, 0.15) is 5.82 Å². The molecule has 18 heavy (non-hydrogen) atoms. The van der Waals surface area contributed by atoms with Crippen LogP contribution in [0, 0.1) is 21.8 Å². The molecule has 0 aliphatic carbocycles. The summed E-state index contributed by atoms with van der Waals surface area (Å²) in [6.45, 7) is 1.24. The van der Waals surface area contributed by atoms with Crippen LogP contribution in [0.5, 0.6) is 0 Å². The number of halogens is 1. The molecule has 1 aliphatic heterocycles. The predicted octanol–water partition coefficient (Wildman–Crippen LogP) is 2.16. The van der Waals surface area contributed by atoms with E-state index in [0.29, 0.717) is 18.8 Å². The predicted molar refractivity (Wildman–Crippen MR) is 63.5 cm³/mol. The van der Waals surface area contributed by atoms with Gasteiger partial charge >= 0.3 is 0 Å². The van der Waals surface area contributed by atoms with Crippen LogP contribution < -0.4 is 5.73 Å². The summed E-state index contributed by atoms with van der Waals surface area (Å²) in [5.74, 6) is -0.479. The van der Waals surface area contributed by atoms with Crippen molar-refractivity contribution in [1.29, 1.82) is 0 Å². The van der Waals surface area contributed by atoms with Crippen molar-refractivity contribution in [3.8, 4) is 0 Å². The van der Waals surface area contributed by atoms with Crippen LogP contribution in [0.4, 0.5) is 10.1 Å². The Morgan fingerprint density at radius 1 is 1.44 bits per heavy atom. The topological polar surface area (TPSA) is 78.4 Å². The number of hydrogen-bond donors (Lipinski definition) is 1. The minimum absolute atomic E-state index is 0.142. The number of nitrogens with two attached hydrogens (primary N) is 1. The van der Waals surface area contributed by atoms with Gasteiger partial charge in [0, 0.05) is 24.8 Å². The van der Waals surface area contributed by atoms with Gasteiger partial charge in [-0.3, -0.25) is 10.1 Å². The van der Waals surface area contributed by atoms with Gasteiger partial charge in [-0.2, -0.15) is 0 Å². The van der Waals surface area contributed by atoms with E-state index >= 15 is 0 Å². The fourth-order valence-electron chi connectivity index (χ4n) is 2.29. The molecule has 5 nitrogen and oxygen atoms in total. The van der Waals surface area contributed by atoms with Gasteiger partial charge in [0.05, 0.1) is 11.0 Å². The molecule has 1 aromatic rings. The second kappa shape index (κ2) is 5.41. The van der Waals surface area contributed by atoms with E-state index in [2.05, 4.69) is 0 Å². The first-order valence-corrected chi connectivity index (χ1v) is 5.86. The van der Waals surface area contributed by atoms with E-state index in [-0.39, 0.29) is 11.6 Å². The van der Waals surface area contributed by atoms with Crippen LogP contribution in [0.2, 0.25) is 0 Å². The lowest BCUT2D eigenvalue weighted by molar-refractivity contribution is -0.386. The van der Waals surface area contributed by atoms with E-state index in [1.165, 1.54) is 12.1 Å². The third kappa shape index (κ3) is 2.65. The number of nitrogens with zero attached hydrogens (tertiary/aromatic N) is 1. The quantitative estimate of drug-likeness (QED) is 0.662. The van der Waals surface area contributed by atoms with Crippen molar-refractivity contribution in [2.45, 2.75) is 18.9 Å². The van der Waals surface area contributed by atoms with Crippen LogP contribution in [0.25, 0.3) is 0 Å². The van der Waals surface area contributed by atoms with E-state index in [0.717, 1.165) is 18.9 Å². The lowest BCUT2D eigenvalue weighted by atomic mass is 9.87. The highest BCUT2D eigenvalue weighted by Gasteiger charge is 2.28. The summed E-state index contributed by atoms with van der Waals surface area (Å²) < 4.78 is 18.3. The fraction of sp³-hybridized carbons (Fsp3) is 0.500. The second-order valence-electron chi connectivity index (χ2n) is 4.44. The van der Waals surface area contributed by atoms with Crippen molar-refractivity contribution in [2.75, 3.05) is 13.2 Å².